The zero-order valence-electron chi connectivity index (χ0n) is 30.8. The summed E-state index contributed by atoms with van der Waals surface area (Å²) < 4.78 is 6.73. The first kappa shape index (κ1) is 31.7. The van der Waals surface area contributed by atoms with E-state index in [4.69, 9.17) is 4.74 Å². The van der Waals surface area contributed by atoms with E-state index in [0.29, 0.717) is 0 Å². The smallest absolute Gasteiger partial charge is 0.196 e. The molecule has 55 heavy (non-hydrogen) atoms. The summed E-state index contributed by atoms with van der Waals surface area (Å²) in [7, 11) is 0. The second kappa shape index (κ2) is 12.1. The molecule has 11 rings (SSSR count). The van der Waals surface area contributed by atoms with E-state index < -0.39 is 0 Å². The van der Waals surface area contributed by atoms with Gasteiger partial charge in [0.15, 0.2) is 12.0 Å². The molecule has 0 fully saturated rings. The highest BCUT2D eigenvalue weighted by molar-refractivity contribution is 6.18. The Hall–Kier alpha value is -6.84. The lowest BCUT2D eigenvalue weighted by molar-refractivity contribution is 0.262. The summed E-state index contributed by atoms with van der Waals surface area (Å²) >= 11 is 0. The van der Waals surface area contributed by atoms with Crippen molar-refractivity contribution in [1.29, 1.82) is 0 Å². The summed E-state index contributed by atoms with van der Waals surface area (Å²) in [5.41, 5.74) is 13.2. The van der Waals surface area contributed by atoms with Crippen LogP contribution in [0, 0.1) is 0 Å². The maximum atomic E-state index is 6.73. The number of benzene rings is 9. The predicted molar refractivity (Wildman–Crippen MR) is 230 cm³/mol. The lowest BCUT2D eigenvalue weighted by atomic mass is 9.82. The Morgan fingerprint density at radius 1 is 0.473 bits per heavy atom. The topological polar surface area (TPSA) is 24.5 Å². The second-order valence-electron chi connectivity index (χ2n) is 15.4. The molecule has 0 saturated heterocycles. The van der Waals surface area contributed by atoms with Gasteiger partial charge in [0.2, 0.25) is 0 Å². The Morgan fingerprint density at radius 3 is 1.96 bits per heavy atom. The highest BCUT2D eigenvalue weighted by Crippen LogP contribution is 2.52. The van der Waals surface area contributed by atoms with Crippen LogP contribution in [0.3, 0.4) is 0 Å². The molecule has 9 aromatic rings. The van der Waals surface area contributed by atoms with Crippen LogP contribution in [0.25, 0.3) is 54.6 Å². The van der Waals surface area contributed by atoms with Crippen molar-refractivity contribution >= 4 is 55.1 Å². The van der Waals surface area contributed by atoms with E-state index in [-0.39, 0.29) is 11.6 Å². The molecular weight excluding hydrogens is 669 g/mol. The van der Waals surface area contributed by atoms with Crippen molar-refractivity contribution in [3.63, 3.8) is 0 Å². The second-order valence-corrected chi connectivity index (χ2v) is 15.4. The van der Waals surface area contributed by atoms with E-state index >= 15 is 0 Å². The Labute approximate surface area is 321 Å². The van der Waals surface area contributed by atoms with Crippen LogP contribution in [0.15, 0.2) is 182 Å². The zero-order chi connectivity index (χ0) is 36.7. The molecule has 1 aliphatic heterocycles. The lowest BCUT2D eigenvalue weighted by Gasteiger charge is -2.28. The Kier molecular flexibility index (Phi) is 6.96. The normalized spacial score (nSPS) is 15.0. The summed E-state index contributed by atoms with van der Waals surface area (Å²) in [6, 6.07) is 66.1. The van der Waals surface area contributed by atoms with Gasteiger partial charge in [-0.05, 0) is 97.4 Å². The number of ether oxygens (including phenoxy) is 1. The summed E-state index contributed by atoms with van der Waals surface area (Å²) in [5, 5.41) is 10.9. The van der Waals surface area contributed by atoms with E-state index in [1.165, 1.54) is 49.2 Å². The molecule has 0 saturated carbocycles. The third kappa shape index (κ3) is 4.97. The molecule has 262 valence electrons. The predicted octanol–water partition coefficient (Wildman–Crippen LogP) is 14.1. The third-order valence-electron chi connectivity index (χ3n) is 11.9. The van der Waals surface area contributed by atoms with Crippen LogP contribution in [-0.2, 0) is 5.41 Å². The summed E-state index contributed by atoms with van der Waals surface area (Å²) in [4.78, 5) is 2.40. The largest absolute Gasteiger partial charge is 0.464 e. The van der Waals surface area contributed by atoms with Crippen molar-refractivity contribution in [3.05, 3.63) is 199 Å². The van der Waals surface area contributed by atoms with Gasteiger partial charge in [0, 0.05) is 38.8 Å². The monoisotopic (exact) mass is 706 g/mol. The SMILES string of the molecule is CC1(C)c2ccccc2-c2ccc(N(c3ccc(-c4ccc5c(c4)c4c(c6ccccc65)NC(c5ccccc5)O4)cc3)c3ccc4ccccc4c3)cc21. The van der Waals surface area contributed by atoms with Crippen molar-refractivity contribution in [2.24, 2.45) is 0 Å². The van der Waals surface area contributed by atoms with Crippen LogP contribution >= 0.6 is 0 Å². The fourth-order valence-electron chi connectivity index (χ4n) is 9.06. The first-order chi connectivity index (χ1) is 27.0. The van der Waals surface area contributed by atoms with E-state index in [0.717, 1.165) is 50.6 Å². The molecule has 1 heterocycles. The maximum Gasteiger partial charge on any atom is 0.196 e. The molecule has 0 aromatic heterocycles. The molecule has 1 atom stereocenters. The van der Waals surface area contributed by atoms with E-state index in [1.807, 2.05) is 6.07 Å². The van der Waals surface area contributed by atoms with E-state index in [9.17, 15) is 0 Å². The average molecular weight is 707 g/mol. The Bertz CT molecular complexity index is 2960. The minimum atomic E-state index is -0.242. The molecule has 9 aromatic carbocycles. The molecule has 0 bridgehead atoms. The van der Waals surface area contributed by atoms with Gasteiger partial charge in [-0.1, -0.05) is 153 Å². The summed E-state index contributed by atoms with van der Waals surface area (Å²) in [5.74, 6) is 0.908. The molecule has 0 radical (unpaired) electrons. The molecule has 1 N–H and O–H groups in total. The van der Waals surface area contributed by atoms with Crippen molar-refractivity contribution in [2.75, 3.05) is 10.2 Å². The van der Waals surface area contributed by atoms with Gasteiger partial charge < -0.3 is 15.0 Å². The Balaban J connectivity index is 1.02. The molecule has 0 amide bonds. The molecule has 3 nitrogen and oxygen atoms in total. The van der Waals surface area contributed by atoms with Crippen molar-refractivity contribution in [1.82, 2.24) is 0 Å². The number of rotatable bonds is 5. The van der Waals surface area contributed by atoms with Crippen LogP contribution in [0.5, 0.6) is 5.75 Å². The van der Waals surface area contributed by atoms with Crippen LogP contribution < -0.4 is 15.0 Å². The van der Waals surface area contributed by atoms with Crippen molar-refractivity contribution in [2.45, 2.75) is 25.5 Å². The average Bonchev–Trinajstić information content (AvgIpc) is 3.79. The van der Waals surface area contributed by atoms with Crippen LogP contribution in [0.2, 0.25) is 0 Å². The first-order valence-corrected chi connectivity index (χ1v) is 19.1. The van der Waals surface area contributed by atoms with Crippen LogP contribution in [0.1, 0.15) is 36.8 Å². The number of hydrogen-bond donors (Lipinski definition) is 1. The van der Waals surface area contributed by atoms with Gasteiger partial charge in [-0.25, -0.2) is 0 Å². The number of nitrogens with zero attached hydrogens (tertiary/aromatic N) is 1. The molecular formula is C52H38N2O. The van der Waals surface area contributed by atoms with Crippen LogP contribution in [0.4, 0.5) is 22.7 Å². The minimum absolute atomic E-state index is 0.0945. The molecule has 2 aliphatic rings. The van der Waals surface area contributed by atoms with Crippen molar-refractivity contribution in [3.8, 4) is 28.0 Å². The third-order valence-corrected chi connectivity index (χ3v) is 11.9. The lowest BCUT2D eigenvalue weighted by Crippen LogP contribution is -2.16. The first-order valence-electron chi connectivity index (χ1n) is 19.1. The van der Waals surface area contributed by atoms with Gasteiger partial charge >= 0.3 is 0 Å². The standard InChI is InChI=1S/C52H38N2O/c1-52(2)47-19-11-10-17-43(47)44-29-27-40(32-48(44)52)54(39-26-22-33-12-6-7-15-36(33)30-39)38-24-20-34(21-25-38)37-23-28-42-41-16-8-9-18-45(41)49-50(46(42)31-37)55-51(53-49)35-13-4-3-5-14-35/h3-32,51,53H,1-2H3. The highest BCUT2D eigenvalue weighted by atomic mass is 16.5. The van der Waals surface area contributed by atoms with Gasteiger partial charge in [0.25, 0.3) is 0 Å². The number of nitrogens with one attached hydrogen (secondary N) is 1. The fourth-order valence-corrected chi connectivity index (χ4v) is 9.06. The summed E-state index contributed by atoms with van der Waals surface area (Å²) in [6.07, 6.45) is -0.242. The number of hydrogen-bond acceptors (Lipinski definition) is 3. The molecule has 0 spiro atoms. The van der Waals surface area contributed by atoms with E-state index in [1.54, 1.807) is 0 Å². The quantitative estimate of drug-likeness (QED) is 0.180. The zero-order valence-corrected chi connectivity index (χ0v) is 30.8. The van der Waals surface area contributed by atoms with Gasteiger partial charge in [0.1, 0.15) is 0 Å². The summed E-state index contributed by atoms with van der Waals surface area (Å²) in [6.45, 7) is 4.70. The van der Waals surface area contributed by atoms with Gasteiger partial charge in [-0.2, -0.15) is 0 Å². The number of anilines is 4. The molecule has 3 heteroatoms. The highest BCUT2D eigenvalue weighted by Gasteiger charge is 2.36. The minimum Gasteiger partial charge on any atom is -0.464 e. The maximum absolute atomic E-state index is 6.73. The van der Waals surface area contributed by atoms with Crippen molar-refractivity contribution < 1.29 is 4.74 Å². The molecule has 1 aliphatic carbocycles. The van der Waals surface area contributed by atoms with E-state index in [2.05, 4.69) is 200 Å². The number of fused-ring (bicyclic) bond motifs is 10. The Morgan fingerprint density at radius 2 is 1.11 bits per heavy atom. The fraction of sp³-hybridized carbons (Fsp3) is 0.0769. The van der Waals surface area contributed by atoms with Gasteiger partial charge in [-0.3, -0.25) is 0 Å². The molecule has 1 unspecified atom stereocenters. The van der Waals surface area contributed by atoms with Crippen LogP contribution in [-0.4, -0.2) is 0 Å². The van der Waals surface area contributed by atoms with Gasteiger partial charge in [-0.15, -0.1) is 0 Å². The van der Waals surface area contributed by atoms with Gasteiger partial charge in [0.05, 0.1) is 5.69 Å².